The first-order valence-corrected chi connectivity index (χ1v) is 16.9. The van der Waals surface area contributed by atoms with Crippen molar-refractivity contribution in [1.29, 1.82) is 0 Å². The van der Waals surface area contributed by atoms with Gasteiger partial charge in [0.1, 0.15) is 6.54 Å². The number of aliphatic hydroxyl groups is 1. The normalized spacial score (nSPS) is 19.6. The van der Waals surface area contributed by atoms with Crippen molar-refractivity contribution in [1.82, 2.24) is 15.5 Å². The molecule has 4 aromatic carbocycles. The third-order valence-electron chi connectivity index (χ3n) is 9.18. The minimum atomic E-state index is -0.585. The van der Waals surface area contributed by atoms with Crippen LogP contribution < -0.4 is 10.6 Å². The Morgan fingerprint density at radius 2 is 1.55 bits per heavy atom. The number of carbonyl (C=O) groups excluding carboxylic acids is 2. The van der Waals surface area contributed by atoms with Crippen LogP contribution in [0.1, 0.15) is 67.0 Å². The number of rotatable bonds is 13. The van der Waals surface area contributed by atoms with Gasteiger partial charge in [-0.2, -0.15) is 0 Å². The number of nitrogens with zero attached hydrogens (tertiary/aromatic N) is 1. The zero-order chi connectivity index (χ0) is 34.8. The smallest absolute Gasteiger partial charge is 0.325 e. The molecule has 1 aliphatic rings. The molecule has 0 radical (unpaired) electrons. The van der Waals surface area contributed by atoms with E-state index in [2.05, 4.69) is 60.7 Å². The molecule has 1 saturated heterocycles. The molecular formula is C40H47N3O6. The third kappa shape index (κ3) is 9.33. The van der Waals surface area contributed by atoms with Gasteiger partial charge in [-0.3, -0.25) is 9.69 Å². The van der Waals surface area contributed by atoms with Crippen LogP contribution >= 0.6 is 0 Å². The Morgan fingerprint density at radius 1 is 0.878 bits per heavy atom. The van der Waals surface area contributed by atoms with Gasteiger partial charge in [0.25, 0.3) is 0 Å². The second kappa shape index (κ2) is 17.2. The summed E-state index contributed by atoms with van der Waals surface area (Å²) in [6.45, 7) is 7.18. The molecule has 0 unspecified atom stereocenters. The van der Waals surface area contributed by atoms with Crippen molar-refractivity contribution in [3.8, 4) is 11.1 Å². The van der Waals surface area contributed by atoms with Crippen LogP contribution in [0.2, 0.25) is 0 Å². The summed E-state index contributed by atoms with van der Waals surface area (Å²) in [4.78, 5) is 26.2. The first kappa shape index (κ1) is 35.8. The predicted molar refractivity (Wildman–Crippen MR) is 189 cm³/mol. The Hall–Kier alpha value is -4.54. The molecule has 0 aromatic heterocycles. The number of nitrogens with one attached hydrogen (secondary N) is 2. The first-order chi connectivity index (χ1) is 23.8. The minimum absolute atomic E-state index is 0.00783. The van der Waals surface area contributed by atoms with E-state index < -0.39 is 18.3 Å². The van der Waals surface area contributed by atoms with Gasteiger partial charge in [-0.1, -0.05) is 110 Å². The second-order valence-electron chi connectivity index (χ2n) is 12.5. The number of aliphatic hydroxyl groups excluding tert-OH is 1. The third-order valence-corrected chi connectivity index (χ3v) is 9.18. The number of likely N-dealkylation sites (N-methyl/N-ethyl adjacent to an activating group) is 1. The fraction of sp³-hybridized carbons (Fsp3) is 0.350. The summed E-state index contributed by atoms with van der Waals surface area (Å²) in [5.41, 5.74) is 6.97. The van der Waals surface area contributed by atoms with Gasteiger partial charge in [-0.05, 0) is 54.3 Å². The van der Waals surface area contributed by atoms with Gasteiger partial charge in [0.05, 0.1) is 25.4 Å². The topological polar surface area (TPSA) is 109 Å². The molecule has 0 saturated carbocycles. The Kier molecular flexibility index (Phi) is 12.6. The molecule has 4 aromatic rings. The molecule has 1 heterocycles. The quantitative estimate of drug-likeness (QED) is 0.137. The molecule has 258 valence electrons. The molecule has 0 bridgehead atoms. The van der Waals surface area contributed by atoms with Crippen LogP contribution in [0.4, 0.5) is 4.79 Å². The Balaban J connectivity index is 1.33. The summed E-state index contributed by atoms with van der Waals surface area (Å²) >= 11 is 0. The summed E-state index contributed by atoms with van der Waals surface area (Å²) in [6.07, 6.45) is -0.907. The summed E-state index contributed by atoms with van der Waals surface area (Å²) in [5.74, 6) is -0.417. The lowest BCUT2D eigenvalue weighted by Crippen LogP contribution is -2.44. The van der Waals surface area contributed by atoms with Gasteiger partial charge in [0.2, 0.25) is 0 Å². The zero-order valence-electron chi connectivity index (χ0n) is 28.7. The van der Waals surface area contributed by atoms with Crippen LogP contribution in [-0.2, 0) is 32.2 Å². The van der Waals surface area contributed by atoms with Crippen LogP contribution in [0.5, 0.6) is 0 Å². The fourth-order valence-corrected chi connectivity index (χ4v) is 6.13. The highest BCUT2D eigenvalue weighted by molar-refractivity contribution is 5.81. The van der Waals surface area contributed by atoms with E-state index in [9.17, 15) is 14.7 Å². The van der Waals surface area contributed by atoms with Gasteiger partial charge in [-0.15, -0.1) is 0 Å². The summed E-state index contributed by atoms with van der Waals surface area (Å²) in [7, 11) is 2.13. The number of hydrogen-bond acceptors (Lipinski definition) is 7. The Labute approximate surface area is 289 Å². The first-order valence-electron chi connectivity index (χ1n) is 16.9. The van der Waals surface area contributed by atoms with Crippen molar-refractivity contribution < 1.29 is 28.9 Å². The monoisotopic (exact) mass is 665 g/mol. The molecule has 9 nitrogen and oxygen atoms in total. The van der Waals surface area contributed by atoms with Crippen LogP contribution in [0.15, 0.2) is 103 Å². The molecule has 0 aliphatic carbocycles. The molecule has 5 rings (SSSR count). The SMILES string of the molecule is CCOC(=O)CNC(=O)NCc1ccccc1-c1ccc([C@@H]2O[C@H](CN(C)[C@@H](C)c3ccccc3)[C@H](C)[C@H](c3ccc(CO)cc3)O2)cc1. The largest absolute Gasteiger partial charge is 0.465 e. The van der Waals surface area contributed by atoms with Crippen LogP contribution in [0, 0.1) is 5.92 Å². The molecule has 49 heavy (non-hydrogen) atoms. The average Bonchev–Trinajstić information content (AvgIpc) is 3.14. The number of ether oxygens (including phenoxy) is 3. The standard InChI is InChI=1S/C40H47N3O6/c1-5-47-37(45)24-42-40(46)41-23-34-13-9-10-14-35(34)31-19-21-33(22-20-31)39-48-36(25-43(4)28(3)30-11-7-6-8-12-30)27(2)38(49-39)32-17-15-29(26-44)16-18-32/h6-22,27-28,36,38-39,44H,5,23-26H2,1-4H3,(H2,41,42,46)/t27-,28-,36+,38+,39+/m0/s1. The van der Waals surface area contributed by atoms with E-state index in [1.165, 1.54) is 5.56 Å². The molecule has 0 spiro atoms. The van der Waals surface area contributed by atoms with E-state index in [0.29, 0.717) is 6.54 Å². The minimum Gasteiger partial charge on any atom is -0.465 e. The maximum atomic E-state index is 12.3. The summed E-state index contributed by atoms with van der Waals surface area (Å²) in [5, 5.41) is 15.0. The van der Waals surface area contributed by atoms with E-state index in [4.69, 9.17) is 14.2 Å². The highest BCUT2D eigenvalue weighted by Gasteiger charge is 2.39. The second-order valence-corrected chi connectivity index (χ2v) is 12.5. The highest BCUT2D eigenvalue weighted by atomic mass is 16.7. The number of hydrogen-bond donors (Lipinski definition) is 3. The van der Waals surface area contributed by atoms with Crippen molar-refractivity contribution in [2.75, 3.05) is 26.7 Å². The van der Waals surface area contributed by atoms with Crippen LogP contribution in [-0.4, -0.2) is 54.9 Å². The number of carbonyl (C=O) groups is 2. The lowest BCUT2D eigenvalue weighted by Gasteiger charge is -2.43. The van der Waals surface area contributed by atoms with E-state index >= 15 is 0 Å². The lowest BCUT2D eigenvalue weighted by molar-refractivity contribution is -0.276. The van der Waals surface area contributed by atoms with Crippen molar-refractivity contribution in [2.45, 2.75) is 58.5 Å². The number of urea groups is 1. The van der Waals surface area contributed by atoms with Crippen molar-refractivity contribution in [3.05, 3.63) is 131 Å². The van der Waals surface area contributed by atoms with E-state index in [-0.39, 0.29) is 50.5 Å². The van der Waals surface area contributed by atoms with E-state index in [1.807, 2.05) is 78.9 Å². The molecule has 1 fully saturated rings. The zero-order valence-corrected chi connectivity index (χ0v) is 28.7. The van der Waals surface area contributed by atoms with Crippen LogP contribution in [0.3, 0.4) is 0 Å². The molecule has 2 amide bonds. The molecule has 9 heteroatoms. The summed E-state index contributed by atoms with van der Waals surface area (Å²) < 4.78 is 18.3. The number of amides is 2. The number of benzene rings is 4. The van der Waals surface area contributed by atoms with Gasteiger partial charge in [0, 0.05) is 30.6 Å². The van der Waals surface area contributed by atoms with Gasteiger partial charge in [-0.25, -0.2) is 4.79 Å². The van der Waals surface area contributed by atoms with Crippen molar-refractivity contribution in [3.63, 3.8) is 0 Å². The fourth-order valence-electron chi connectivity index (χ4n) is 6.13. The Morgan fingerprint density at radius 3 is 2.24 bits per heavy atom. The van der Waals surface area contributed by atoms with E-state index in [1.54, 1.807) is 6.92 Å². The van der Waals surface area contributed by atoms with Gasteiger partial charge in [0.15, 0.2) is 6.29 Å². The van der Waals surface area contributed by atoms with Crippen LogP contribution in [0.25, 0.3) is 11.1 Å². The van der Waals surface area contributed by atoms with Gasteiger partial charge < -0.3 is 30.0 Å². The molecule has 3 N–H and O–H groups in total. The Bertz CT molecular complexity index is 1650. The average molecular weight is 666 g/mol. The lowest BCUT2D eigenvalue weighted by atomic mass is 9.89. The van der Waals surface area contributed by atoms with Gasteiger partial charge >= 0.3 is 12.0 Å². The highest BCUT2D eigenvalue weighted by Crippen LogP contribution is 2.42. The van der Waals surface area contributed by atoms with E-state index in [0.717, 1.165) is 33.4 Å². The molecule has 1 aliphatic heterocycles. The maximum absolute atomic E-state index is 12.3. The van der Waals surface area contributed by atoms with Crippen molar-refractivity contribution in [2.24, 2.45) is 5.92 Å². The number of esters is 1. The molecule has 5 atom stereocenters. The maximum Gasteiger partial charge on any atom is 0.325 e. The summed E-state index contributed by atoms with van der Waals surface area (Å²) in [6, 6.07) is 34.2. The van der Waals surface area contributed by atoms with Crippen molar-refractivity contribution >= 4 is 12.0 Å². The predicted octanol–water partition coefficient (Wildman–Crippen LogP) is 6.69. The molecular weight excluding hydrogens is 618 g/mol.